The molecule has 0 bridgehead atoms. The van der Waals surface area contributed by atoms with Crippen LogP contribution in [0.3, 0.4) is 0 Å². The molecule has 5 heteroatoms. The molecule has 0 radical (unpaired) electrons. The van der Waals surface area contributed by atoms with Gasteiger partial charge >= 0.3 is 0 Å². The number of benzene rings is 1. The summed E-state index contributed by atoms with van der Waals surface area (Å²) in [6, 6.07) is 7.37. The van der Waals surface area contributed by atoms with Crippen LogP contribution in [0.25, 0.3) is 0 Å². The zero-order valence-corrected chi connectivity index (χ0v) is 11.4. The van der Waals surface area contributed by atoms with Crippen LogP contribution < -0.4 is 10.6 Å². The number of carbonyl (C=O) groups is 1. The van der Waals surface area contributed by atoms with Crippen LogP contribution in [0.2, 0.25) is 5.02 Å². The summed E-state index contributed by atoms with van der Waals surface area (Å²) in [5, 5.41) is 6.56. The van der Waals surface area contributed by atoms with Crippen molar-refractivity contribution in [3.05, 3.63) is 34.9 Å². The number of carbonyl (C=O) groups excluding carboxylic acids is 1. The summed E-state index contributed by atoms with van der Waals surface area (Å²) in [4.78, 5) is 11.5. The molecule has 96 valence electrons. The van der Waals surface area contributed by atoms with E-state index in [4.69, 9.17) is 11.6 Å². The van der Waals surface area contributed by atoms with Crippen molar-refractivity contribution in [2.45, 2.75) is 12.8 Å². The number of amides is 1. The summed E-state index contributed by atoms with van der Waals surface area (Å²) in [5.74, 6) is 0.0402. The first-order chi connectivity index (χ1) is 7.72. The third-order valence-corrected chi connectivity index (χ3v) is 2.41. The lowest BCUT2D eigenvalue weighted by Gasteiger charge is -2.05. The first-order valence-corrected chi connectivity index (χ1v) is 5.76. The Kier molecular flexibility index (Phi) is 8.86. The van der Waals surface area contributed by atoms with Gasteiger partial charge in [0.2, 0.25) is 5.91 Å². The molecule has 0 aliphatic heterocycles. The molecule has 0 aromatic heterocycles. The highest BCUT2D eigenvalue weighted by Crippen LogP contribution is 2.10. The van der Waals surface area contributed by atoms with Crippen molar-refractivity contribution in [2.24, 2.45) is 0 Å². The largest absolute Gasteiger partial charge is 0.356 e. The molecule has 0 saturated carbocycles. The highest BCUT2D eigenvalue weighted by Gasteiger charge is 2.02. The van der Waals surface area contributed by atoms with E-state index in [9.17, 15) is 4.79 Å². The summed E-state index contributed by atoms with van der Waals surface area (Å²) in [5.41, 5.74) is 0.943. The first kappa shape index (κ1) is 16.2. The van der Waals surface area contributed by atoms with Gasteiger partial charge in [-0.05, 0) is 37.7 Å². The van der Waals surface area contributed by atoms with Gasteiger partial charge < -0.3 is 10.6 Å². The van der Waals surface area contributed by atoms with Gasteiger partial charge in [0.25, 0.3) is 0 Å². The molecule has 0 fully saturated rings. The Hall–Kier alpha value is -0.770. The highest BCUT2D eigenvalue weighted by atomic mass is 35.5. The SMILES string of the molecule is CNCCCNC(=O)Cc1cccc(Cl)c1.Cl. The van der Waals surface area contributed by atoms with Gasteiger partial charge in [-0.2, -0.15) is 0 Å². The quantitative estimate of drug-likeness (QED) is 0.781. The van der Waals surface area contributed by atoms with E-state index in [0.29, 0.717) is 18.0 Å². The highest BCUT2D eigenvalue weighted by molar-refractivity contribution is 6.30. The number of hydrogen-bond donors (Lipinski definition) is 2. The molecule has 2 N–H and O–H groups in total. The Bertz CT molecular complexity index is 345. The Balaban J connectivity index is 0.00000256. The van der Waals surface area contributed by atoms with Crippen molar-refractivity contribution < 1.29 is 4.79 Å². The molecule has 3 nitrogen and oxygen atoms in total. The molecule has 0 spiro atoms. The molecular weight excluding hydrogens is 259 g/mol. The van der Waals surface area contributed by atoms with Crippen molar-refractivity contribution in [2.75, 3.05) is 20.1 Å². The second-order valence-electron chi connectivity index (χ2n) is 3.61. The van der Waals surface area contributed by atoms with Crippen molar-refractivity contribution in [1.82, 2.24) is 10.6 Å². The van der Waals surface area contributed by atoms with E-state index in [1.807, 2.05) is 25.2 Å². The zero-order valence-electron chi connectivity index (χ0n) is 9.83. The van der Waals surface area contributed by atoms with Crippen LogP contribution in [0.4, 0.5) is 0 Å². The molecular formula is C12H18Cl2N2O. The third kappa shape index (κ3) is 7.21. The van der Waals surface area contributed by atoms with E-state index in [-0.39, 0.29) is 18.3 Å². The Morgan fingerprint density at radius 2 is 2.12 bits per heavy atom. The number of halogens is 2. The minimum absolute atomic E-state index is 0. The van der Waals surface area contributed by atoms with Crippen LogP contribution >= 0.6 is 24.0 Å². The average Bonchev–Trinajstić information content (AvgIpc) is 2.24. The van der Waals surface area contributed by atoms with E-state index in [1.54, 1.807) is 6.07 Å². The van der Waals surface area contributed by atoms with Gasteiger partial charge in [-0.25, -0.2) is 0 Å². The van der Waals surface area contributed by atoms with Gasteiger partial charge in [0.15, 0.2) is 0 Å². The summed E-state index contributed by atoms with van der Waals surface area (Å²) in [6.07, 6.45) is 1.33. The van der Waals surface area contributed by atoms with E-state index in [0.717, 1.165) is 18.5 Å². The van der Waals surface area contributed by atoms with Gasteiger partial charge in [0, 0.05) is 11.6 Å². The lowest BCUT2D eigenvalue weighted by molar-refractivity contribution is -0.120. The molecule has 1 amide bonds. The van der Waals surface area contributed by atoms with Gasteiger partial charge in [0.05, 0.1) is 6.42 Å². The van der Waals surface area contributed by atoms with Crippen molar-refractivity contribution in [3.8, 4) is 0 Å². The van der Waals surface area contributed by atoms with Crippen LogP contribution in [-0.4, -0.2) is 26.0 Å². The number of hydrogen-bond acceptors (Lipinski definition) is 2. The molecule has 1 aromatic carbocycles. The van der Waals surface area contributed by atoms with E-state index in [2.05, 4.69) is 10.6 Å². The lowest BCUT2D eigenvalue weighted by atomic mass is 10.1. The summed E-state index contributed by atoms with van der Waals surface area (Å²) < 4.78 is 0. The minimum Gasteiger partial charge on any atom is -0.356 e. The molecule has 1 rings (SSSR count). The predicted molar refractivity (Wildman–Crippen MR) is 74.0 cm³/mol. The van der Waals surface area contributed by atoms with Crippen LogP contribution in [-0.2, 0) is 11.2 Å². The minimum atomic E-state index is 0. The van der Waals surface area contributed by atoms with E-state index < -0.39 is 0 Å². The van der Waals surface area contributed by atoms with Crippen LogP contribution in [0, 0.1) is 0 Å². The smallest absolute Gasteiger partial charge is 0.224 e. The van der Waals surface area contributed by atoms with E-state index >= 15 is 0 Å². The topological polar surface area (TPSA) is 41.1 Å². The lowest BCUT2D eigenvalue weighted by Crippen LogP contribution is -2.27. The Morgan fingerprint density at radius 1 is 1.35 bits per heavy atom. The summed E-state index contributed by atoms with van der Waals surface area (Å²) in [6.45, 7) is 1.62. The maximum Gasteiger partial charge on any atom is 0.224 e. The van der Waals surface area contributed by atoms with Gasteiger partial charge in [-0.3, -0.25) is 4.79 Å². The average molecular weight is 277 g/mol. The standard InChI is InChI=1S/C12H17ClN2O.ClH/c1-14-6-3-7-15-12(16)9-10-4-2-5-11(13)8-10;/h2,4-5,8,14H,3,6-7,9H2,1H3,(H,15,16);1H. The van der Waals surface area contributed by atoms with Crippen LogP contribution in [0.15, 0.2) is 24.3 Å². The van der Waals surface area contributed by atoms with Crippen LogP contribution in [0.1, 0.15) is 12.0 Å². The first-order valence-electron chi connectivity index (χ1n) is 5.38. The molecule has 0 aliphatic carbocycles. The summed E-state index contributed by atoms with van der Waals surface area (Å²) >= 11 is 5.83. The fourth-order valence-electron chi connectivity index (χ4n) is 1.39. The zero-order chi connectivity index (χ0) is 11.8. The number of nitrogens with one attached hydrogen (secondary N) is 2. The van der Waals surface area contributed by atoms with Crippen LogP contribution in [0.5, 0.6) is 0 Å². The fraction of sp³-hybridized carbons (Fsp3) is 0.417. The summed E-state index contributed by atoms with van der Waals surface area (Å²) in [7, 11) is 1.90. The second kappa shape index (κ2) is 9.28. The Morgan fingerprint density at radius 3 is 2.76 bits per heavy atom. The van der Waals surface area contributed by atoms with E-state index in [1.165, 1.54) is 0 Å². The second-order valence-corrected chi connectivity index (χ2v) is 4.05. The Labute approximate surface area is 113 Å². The fourth-order valence-corrected chi connectivity index (χ4v) is 1.60. The molecule has 0 atom stereocenters. The maximum absolute atomic E-state index is 11.5. The monoisotopic (exact) mass is 276 g/mol. The van der Waals surface area contributed by atoms with Crippen molar-refractivity contribution in [3.63, 3.8) is 0 Å². The maximum atomic E-state index is 11.5. The van der Waals surface area contributed by atoms with Crippen molar-refractivity contribution >= 4 is 29.9 Å². The third-order valence-electron chi connectivity index (χ3n) is 2.18. The molecule has 0 aliphatic rings. The molecule has 0 heterocycles. The van der Waals surface area contributed by atoms with Crippen molar-refractivity contribution in [1.29, 1.82) is 0 Å². The molecule has 0 unspecified atom stereocenters. The number of rotatable bonds is 6. The molecule has 17 heavy (non-hydrogen) atoms. The molecule has 1 aromatic rings. The van der Waals surface area contributed by atoms with Gasteiger partial charge in [-0.1, -0.05) is 23.7 Å². The predicted octanol–water partition coefficient (Wildman–Crippen LogP) is 2.03. The van der Waals surface area contributed by atoms with Gasteiger partial charge in [-0.15, -0.1) is 12.4 Å². The normalized spacial score (nSPS) is 9.53. The van der Waals surface area contributed by atoms with Gasteiger partial charge in [0.1, 0.15) is 0 Å². The molecule has 0 saturated heterocycles.